The number of benzene rings is 1. The number of anilines is 2. The number of H-pyrrole nitrogens is 1. The summed E-state index contributed by atoms with van der Waals surface area (Å²) >= 11 is 0. The molecule has 0 spiro atoms. The summed E-state index contributed by atoms with van der Waals surface area (Å²) in [5, 5.41) is 11.9. The minimum absolute atomic E-state index is 0.198. The van der Waals surface area contributed by atoms with Gasteiger partial charge >= 0.3 is 5.69 Å². The zero-order valence-corrected chi connectivity index (χ0v) is 14.6. The third kappa shape index (κ3) is 3.29. The Labute approximate surface area is 148 Å². The number of aromatic amines is 1. The third-order valence-corrected chi connectivity index (χ3v) is 4.97. The number of aliphatic hydroxyl groups is 1. The second-order valence-electron chi connectivity index (χ2n) is 6.63. The Hall–Kier alpha value is -2.48. The summed E-state index contributed by atoms with van der Waals surface area (Å²) in [6.07, 6.45) is 0.848. The SMILES string of the molecule is CCc1cc(Nc2cc(=O)n(CC3C(CO)C3(F)F)c(=O)[nH]2)ccc1C. The van der Waals surface area contributed by atoms with Crippen molar-refractivity contribution in [2.24, 2.45) is 11.8 Å². The molecule has 0 radical (unpaired) electrons. The number of halogens is 2. The molecule has 0 amide bonds. The molecule has 6 nitrogen and oxygen atoms in total. The molecule has 2 atom stereocenters. The highest BCUT2D eigenvalue weighted by atomic mass is 19.3. The first-order valence-electron chi connectivity index (χ1n) is 8.47. The number of rotatable bonds is 6. The van der Waals surface area contributed by atoms with E-state index in [0.717, 1.165) is 22.1 Å². The normalized spacial score (nSPS) is 20.8. The predicted octanol–water partition coefficient (Wildman–Crippen LogP) is 2.02. The molecule has 8 heteroatoms. The standard InChI is InChI=1S/C18H21F2N3O3/c1-3-11-6-12(5-4-10(11)2)21-15-7-16(25)23(17(26)22-15)8-13-14(9-24)18(13,19)20/h4-7,13-14,21,24H,3,8-9H2,1-2H3,(H,22,26). The molecule has 2 unspecified atom stereocenters. The largest absolute Gasteiger partial charge is 0.396 e. The first kappa shape index (κ1) is 18.3. The van der Waals surface area contributed by atoms with Crippen LogP contribution in [0.3, 0.4) is 0 Å². The summed E-state index contributed by atoms with van der Waals surface area (Å²) in [7, 11) is 0. The third-order valence-electron chi connectivity index (χ3n) is 4.97. The van der Waals surface area contributed by atoms with E-state index in [9.17, 15) is 18.4 Å². The van der Waals surface area contributed by atoms with Gasteiger partial charge in [-0.15, -0.1) is 0 Å². The van der Waals surface area contributed by atoms with Gasteiger partial charge in [0.25, 0.3) is 11.5 Å². The van der Waals surface area contributed by atoms with E-state index in [1.165, 1.54) is 6.07 Å². The maximum atomic E-state index is 13.5. The van der Waals surface area contributed by atoms with Crippen molar-refractivity contribution in [3.8, 4) is 0 Å². The van der Waals surface area contributed by atoms with Gasteiger partial charge < -0.3 is 10.4 Å². The molecule has 3 rings (SSSR count). The van der Waals surface area contributed by atoms with E-state index in [0.29, 0.717) is 5.69 Å². The topological polar surface area (TPSA) is 87.1 Å². The lowest BCUT2D eigenvalue weighted by Gasteiger charge is -2.11. The summed E-state index contributed by atoms with van der Waals surface area (Å²) in [6.45, 7) is 2.94. The number of aromatic nitrogens is 2. The number of hydrogen-bond acceptors (Lipinski definition) is 4. The summed E-state index contributed by atoms with van der Waals surface area (Å²) in [5.41, 5.74) is 1.57. The highest BCUT2D eigenvalue weighted by molar-refractivity contribution is 5.57. The molecule has 0 bridgehead atoms. The first-order valence-corrected chi connectivity index (χ1v) is 8.47. The van der Waals surface area contributed by atoms with E-state index in [-0.39, 0.29) is 5.82 Å². The van der Waals surface area contributed by atoms with Crippen LogP contribution in [-0.4, -0.2) is 27.2 Å². The van der Waals surface area contributed by atoms with Gasteiger partial charge in [0.05, 0.1) is 18.4 Å². The fraction of sp³-hybridized carbons (Fsp3) is 0.444. The van der Waals surface area contributed by atoms with E-state index in [4.69, 9.17) is 5.11 Å². The monoisotopic (exact) mass is 365 g/mol. The molecule has 0 saturated heterocycles. The summed E-state index contributed by atoms with van der Waals surface area (Å²) in [5.74, 6) is -5.25. The molecule has 1 aromatic carbocycles. The lowest BCUT2D eigenvalue weighted by Crippen LogP contribution is -2.36. The molecule has 2 aromatic rings. The minimum atomic E-state index is -3.05. The van der Waals surface area contributed by atoms with E-state index in [2.05, 4.69) is 10.3 Å². The van der Waals surface area contributed by atoms with Gasteiger partial charge in [0.2, 0.25) is 0 Å². The Bertz CT molecular complexity index is 905. The molecule has 1 aromatic heterocycles. The van der Waals surface area contributed by atoms with E-state index >= 15 is 0 Å². The van der Waals surface area contributed by atoms with Crippen LogP contribution in [0.1, 0.15) is 18.1 Å². The van der Waals surface area contributed by atoms with Gasteiger partial charge in [-0.3, -0.25) is 14.3 Å². The van der Waals surface area contributed by atoms with Crippen LogP contribution < -0.4 is 16.6 Å². The quantitative estimate of drug-likeness (QED) is 0.731. The van der Waals surface area contributed by atoms with Gasteiger partial charge in [0.15, 0.2) is 0 Å². The molecular weight excluding hydrogens is 344 g/mol. The van der Waals surface area contributed by atoms with Crippen molar-refractivity contribution in [1.29, 1.82) is 0 Å². The molecule has 3 N–H and O–H groups in total. The van der Waals surface area contributed by atoms with Crippen molar-refractivity contribution >= 4 is 11.5 Å². The zero-order chi connectivity index (χ0) is 19.1. The van der Waals surface area contributed by atoms with E-state index in [1.54, 1.807) is 0 Å². The van der Waals surface area contributed by atoms with Gasteiger partial charge in [-0.1, -0.05) is 13.0 Å². The maximum Gasteiger partial charge on any atom is 0.329 e. The molecule has 1 heterocycles. The number of nitrogens with zero attached hydrogens (tertiary/aromatic N) is 1. The average Bonchev–Trinajstić information content (AvgIpc) is 3.12. The lowest BCUT2D eigenvalue weighted by molar-refractivity contribution is 0.0700. The zero-order valence-electron chi connectivity index (χ0n) is 14.6. The highest BCUT2D eigenvalue weighted by Crippen LogP contribution is 2.55. The lowest BCUT2D eigenvalue weighted by atomic mass is 10.1. The summed E-state index contributed by atoms with van der Waals surface area (Å²) in [4.78, 5) is 26.9. The fourth-order valence-corrected chi connectivity index (χ4v) is 3.20. The van der Waals surface area contributed by atoms with Crippen LogP contribution in [-0.2, 0) is 13.0 Å². The first-order chi connectivity index (χ1) is 12.3. The Morgan fingerprint density at radius 2 is 2.00 bits per heavy atom. The number of hydrogen-bond donors (Lipinski definition) is 3. The van der Waals surface area contributed by atoms with Crippen LogP contribution in [0.25, 0.3) is 0 Å². The van der Waals surface area contributed by atoms with Crippen LogP contribution in [0, 0.1) is 18.8 Å². The van der Waals surface area contributed by atoms with Crippen LogP contribution in [0.15, 0.2) is 33.9 Å². The average molecular weight is 365 g/mol. The number of nitrogens with one attached hydrogen (secondary N) is 2. The number of alkyl halides is 2. The van der Waals surface area contributed by atoms with Crippen molar-refractivity contribution in [3.63, 3.8) is 0 Å². The van der Waals surface area contributed by atoms with Crippen molar-refractivity contribution in [3.05, 3.63) is 56.2 Å². The van der Waals surface area contributed by atoms with Crippen LogP contribution in [0.5, 0.6) is 0 Å². The smallest absolute Gasteiger partial charge is 0.329 e. The van der Waals surface area contributed by atoms with Gasteiger partial charge in [0, 0.05) is 18.3 Å². The van der Waals surface area contributed by atoms with Gasteiger partial charge in [-0.05, 0) is 36.6 Å². The minimum Gasteiger partial charge on any atom is -0.396 e. The molecule has 0 aliphatic heterocycles. The van der Waals surface area contributed by atoms with Crippen LogP contribution in [0.4, 0.5) is 20.3 Å². The highest BCUT2D eigenvalue weighted by Gasteiger charge is 2.67. The van der Waals surface area contributed by atoms with Gasteiger partial charge in [-0.2, -0.15) is 0 Å². The fourth-order valence-electron chi connectivity index (χ4n) is 3.20. The number of aryl methyl sites for hydroxylation is 2. The maximum absolute atomic E-state index is 13.5. The van der Waals surface area contributed by atoms with Crippen molar-refractivity contribution in [2.75, 3.05) is 11.9 Å². The molecule has 1 aliphatic carbocycles. The Balaban J connectivity index is 1.82. The molecular formula is C18H21F2N3O3. The summed E-state index contributed by atoms with van der Waals surface area (Å²) in [6, 6.07) is 6.86. The Kier molecular flexibility index (Phi) is 4.70. The second kappa shape index (κ2) is 6.68. The molecule has 140 valence electrons. The molecule has 26 heavy (non-hydrogen) atoms. The van der Waals surface area contributed by atoms with Gasteiger partial charge in [-0.25, -0.2) is 13.6 Å². The van der Waals surface area contributed by atoms with E-state index < -0.39 is 42.2 Å². The number of aliphatic hydroxyl groups excluding tert-OH is 1. The summed E-state index contributed by atoms with van der Waals surface area (Å²) < 4.78 is 27.7. The molecule has 1 fully saturated rings. The van der Waals surface area contributed by atoms with Crippen molar-refractivity contribution < 1.29 is 13.9 Å². The molecule has 1 aliphatic rings. The Morgan fingerprint density at radius 1 is 1.27 bits per heavy atom. The van der Waals surface area contributed by atoms with Gasteiger partial charge in [0.1, 0.15) is 5.82 Å². The predicted molar refractivity (Wildman–Crippen MR) is 94.2 cm³/mol. The van der Waals surface area contributed by atoms with E-state index in [1.807, 2.05) is 32.0 Å². The second-order valence-corrected chi connectivity index (χ2v) is 6.63. The molecule has 1 saturated carbocycles. The van der Waals surface area contributed by atoms with Crippen LogP contribution >= 0.6 is 0 Å². The Morgan fingerprint density at radius 3 is 2.58 bits per heavy atom. The van der Waals surface area contributed by atoms with Crippen molar-refractivity contribution in [2.45, 2.75) is 32.7 Å². The van der Waals surface area contributed by atoms with Crippen LogP contribution in [0.2, 0.25) is 0 Å². The van der Waals surface area contributed by atoms with Crippen molar-refractivity contribution in [1.82, 2.24) is 9.55 Å².